The van der Waals surface area contributed by atoms with Crippen LogP contribution in [0.3, 0.4) is 0 Å². The normalized spacial score (nSPS) is 24.0. The first-order valence-corrected chi connectivity index (χ1v) is 11.3. The summed E-state index contributed by atoms with van der Waals surface area (Å²) in [5.41, 5.74) is 7.64. The van der Waals surface area contributed by atoms with E-state index in [1.165, 1.54) is 19.3 Å². The molecule has 1 aromatic heterocycles. The van der Waals surface area contributed by atoms with Crippen LogP contribution in [0, 0.1) is 11.3 Å². The standard InChI is InChI=1S/C23H34N4O2/c24-21(19-4-2-1-3-5-19)22(29)26-14-10-23(11-15-26)9-6-20(28)27(17-23)16-18-7-12-25-13-8-18/h7-8,12-13,19,21H,1-6,9-11,14-17,24H2/t21-/m1/s1. The molecule has 0 bridgehead atoms. The maximum atomic E-state index is 13.0. The fourth-order valence-corrected chi connectivity index (χ4v) is 5.47. The lowest BCUT2D eigenvalue weighted by Crippen LogP contribution is -2.55. The summed E-state index contributed by atoms with van der Waals surface area (Å²) < 4.78 is 0. The quantitative estimate of drug-likeness (QED) is 0.846. The predicted octanol–water partition coefficient (Wildman–Crippen LogP) is 2.72. The largest absolute Gasteiger partial charge is 0.341 e. The van der Waals surface area contributed by atoms with E-state index >= 15 is 0 Å². The Morgan fingerprint density at radius 3 is 2.52 bits per heavy atom. The van der Waals surface area contributed by atoms with Crippen molar-refractivity contribution in [3.8, 4) is 0 Å². The lowest BCUT2D eigenvalue weighted by molar-refractivity contribution is -0.144. The van der Waals surface area contributed by atoms with Crippen molar-refractivity contribution in [2.45, 2.75) is 70.4 Å². The number of nitrogens with two attached hydrogens (primary N) is 1. The summed E-state index contributed by atoms with van der Waals surface area (Å²) in [7, 11) is 0. The van der Waals surface area contributed by atoms with Gasteiger partial charge in [0, 0.05) is 45.0 Å². The third-order valence-corrected chi connectivity index (χ3v) is 7.45. The van der Waals surface area contributed by atoms with Crippen LogP contribution in [0.15, 0.2) is 24.5 Å². The third-order valence-electron chi connectivity index (χ3n) is 7.45. The van der Waals surface area contributed by atoms with E-state index in [9.17, 15) is 9.59 Å². The summed E-state index contributed by atoms with van der Waals surface area (Å²) in [5.74, 6) is 0.743. The molecule has 1 atom stereocenters. The molecule has 1 saturated carbocycles. The fraction of sp³-hybridized carbons (Fsp3) is 0.696. The number of hydrogen-bond acceptors (Lipinski definition) is 4. The third kappa shape index (κ3) is 4.63. The topological polar surface area (TPSA) is 79.5 Å². The van der Waals surface area contributed by atoms with Gasteiger partial charge in [-0.1, -0.05) is 19.3 Å². The van der Waals surface area contributed by atoms with Crippen LogP contribution in [-0.2, 0) is 16.1 Å². The molecular weight excluding hydrogens is 364 g/mol. The molecule has 0 aromatic carbocycles. The Balaban J connectivity index is 1.34. The van der Waals surface area contributed by atoms with E-state index in [0.29, 0.717) is 18.9 Å². The molecule has 158 valence electrons. The number of hydrogen-bond donors (Lipinski definition) is 1. The molecule has 6 heteroatoms. The number of piperidine rings is 2. The van der Waals surface area contributed by atoms with Crippen LogP contribution < -0.4 is 5.73 Å². The molecule has 4 rings (SSSR count). The van der Waals surface area contributed by atoms with E-state index in [-0.39, 0.29) is 23.3 Å². The van der Waals surface area contributed by atoms with Gasteiger partial charge >= 0.3 is 0 Å². The zero-order chi connectivity index (χ0) is 20.3. The maximum absolute atomic E-state index is 13.0. The zero-order valence-corrected chi connectivity index (χ0v) is 17.4. The van der Waals surface area contributed by atoms with Gasteiger partial charge in [-0.3, -0.25) is 14.6 Å². The summed E-state index contributed by atoms with van der Waals surface area (Å²) in [4.78, 5) is 33.5. The first-order chi connectivity index (χ1) is 14.1. The number of carbonyl (C=O) groups is 2. The minimum Gasteiger partial charge on any atom is -0.341 e. The van der Waals surface area contributed by atoms with Crippen molar-refractivity contribution in [2.75, 3.05) is 19.6 Å². The molecule has 1 spiro atoms. The highest BCUT2D eigenvalue weighted by atomic mass is 16.2. The summed E-state index contributed by atoms with van der Waals surface area (Å²) in [6, 6.07) is 3.62. The van der Waals surface area contributed by atoms with E-state index in [2.05, 4.69) is 4.98 Å². The summed E-state index contributed by atoms with van der Waals surface area (Å²) in [6.07, 6.45) is 12.9. The van der Waals surface area contributed by atoms with Gasteiger partial charge in [-0.2, -0.15) is 0 Å². The van der Waals surface area contributed by atoms with Gasteiger partial charge < -0.3 is 15.5 Å². The minimum atomic E-state index is -0.333. The molecule has 3 heterocycles. The summed E-state index contributed by atoms with van der Waals surface area (Å²) in [5, 5.41) is 0. The second-order valence-corrected chi connectivity index (χ2v) is 9.35. The van der Waals surface area contributed by atoms with Crippen molar-refractivity contribution in [2.24, 2.45) is 17.1 Å². The molecule has 29 heavy (non-hydrogen) atoms. The Morgan fingerprint density at radius 1 is 1.14 bits per heavy atom. The highest BCUT2D eigenvalue weighted by Crippen LogP contribution is 2.41. The molecule has 0 radical (unpaired) electrons. The number of aromatic nitrogens is 1. The number of carbonyl (C=O) groups excluding carboxylic acids is 2. The molecule has 1 aromatic rings. The number of likely N-dealkylation sites (tertiary alicyclic amines) is 2. The minimum absolute atomic E-state index is 0.145. The van der Waals surface area contributed by atoms with Gasteiger partial charge in [0.1, 0.15) is 0 Å². The van der Waals surface area contributed by atoms with Crippen LogP contribution >= 0.6 is 0 Å². The Kier molecular flexibility index (Phi) is 6.18. The fourth-order valence-electron chi connectivity index (χ4n) is 5.47. The Labute approximate surface area is 173 Å². The smallest absolute Gasteiger partial charge is 0.239 e. The van der Waals surface area contributed by atoms with Crippen molar-refractivity contribution in [1.82, 2.24) is 14.8 Å². The van der Waals surface area contributed by atoms with Crippen LogP contribution in [0.5, 0.6) is 0 Å². The van der Waals surface area contributed by atoms with Crippen molar-refractivity contribution >= 4 is 11.8 Å². The van der Waals surface area contributed by atoms with Crippen LogP contribution in [0.4, 0.5) is 0 Å². The van der Waals surface area contributed by atoms with Gasteiger partial charge in [-0.05, 0) is 61.1 Å². The monoisotopic (exact) mass is 398 g/mol. The predicted molar refractivity (Wildman–Crippen MR) is 112 cm³/mol. The van der Waals surface area contributed by atoms with Crippen molar-refractivity contribution in [1.29, 1.82) is 0 Å². The van der Waals surface area contributed by atoms with Crippen molar-refractivity contribution < 1.29 is 9.59 Å². The molecule has 2 saturated heterocycles. The molecular formula is C23H34N4O2. The second kappa shape index (κ2) is 8.82. The molecule has 1 aliphatic carbocycles. The molecule has 2 aliphatic heterocycles. The second-order valence-electron chi connectivity index (χ2n) is 9.35. The van der Waals surface area contributed by atoms with Gasteiger partial charge in [0.15, 0.2) is 0 Å². The van der Waals surface area contributed by atoms with Crippen LogP contribution in [0.1, 0.15) is 63.4 Å². The van der Waals surface area contributed by atoms with E-state index in [0.717, 1.165) is 57.3 Å². The van der Waals surface area contributed by atoms with Gasteiger partial charge in [0.2, 0.25) is 11.8 Å². The summed E-state index contributed by atoms with van der Waals surface area (Å²) in [6.45, 7) is 3.00. The molecule has 2 N–H and O–H groups in total. The number of amides is 2. The van der Waals surface area contributed by atoms with Crippen LogP contribution in [-0.4, -0.2) is 52.3 Å². The van der Waals surface area contributed by atoms with Gasteiger partial charge in [0.25, 0.3) is 0 Å². The Morgan fingerprint density at radius 2 is 1.83 bits per heavy atom. The maximum Gasteiger partial charge on any atom is 0.239 e. The molecule has 3 fully saturated rings. The first-order valence-electron chi connectivity index (χ1n) is 11.3. The average molecular weight is 399 g/mol. The lowest BCUT2D eigenvalue weighted by atomic mass is 9.72. The van der Waals surface area contributed by atoms with Crippen molar-refractivity contribution in [3.63, 3.8) is 0 Å². The van der Waals surface area contributed by atoms with Gasteiger partial charge in [-0.15, -0.1) is 0 Å². The highest BCUT2D eigenvalue weighted by molar-refractivity contribution is 5.82. The number of pyridine rings is 1. The SMILES string of the molecule is N[C@@H](C(=O)N1CCC2(CCC(=O)N(Cc3ccncc3)C2)CC1)C1CCCCC1. The van der Waals surface area contributed by atoms with E-state index in [4.69, 9.17) is 5.73 Å². The van der Waals surface area contributed by atoms with E-state index in [1.807, 2.05) is 21.9 Å². The number of nitrogens with zero attached hydrogens (tertiary/aromatic N) is 3. The molecule has 3 aliphatic rings. The Bertz CT molecular complexity index is 709. The zero-order valence-electron chi connectivity index (χ0n) is 17.4. The first kappa shape index (κ1) is 20.3. The lowest BCUT2D eigenvalue weighted by Gasteiger charge is -2.48. The molecule has 2 amide bonds. The van der Waals surface area contributed by atoms with E-state index < -0.39 is 0 Å². The molecule has 6 nitrogen and oxygen atoms in total. The van der Waals surface area contributed by atoms with Gasteiger partial charge in [-0.25, -0.2) is 0 Å². The van der Waals surface area contributed by atoms with E-state index in [1.54, 1.807) is 12.4 Å². The highest BCUT2D eigenvalue weighted by Gasteiger charge is 2.42. The van der Waals surface area contributed by atoms with Crippen LogP contribution in [0.2, 0.25) is 0 Å². The average Bonchev–Trinajstić information content (AvgIpc) is 2.77. The summed E-state index contributed by atoms with van der Waals surface area (Å²) >= 11 is 0. The van der Waals surface area contributed by atoms with Crippen LogP contribution in [0.25, 0.3) is 0 Å². The molecule has 0 unspecified atom stereocenters. The Hall–Kier alpha value is -1.95. The van der Waals surface area contributed by atoms with Crippen molar-refractivity contribution in [3.05, 3.63) is 30.1 Å². The number of rotatable bonds is 4. The van der Waals surface area contributed by atoms with Gasteiger partial charge in [0.05, 0.1) is 6.04 Å².